The largest absolute Gasteiger partial charge is 0.284 e. The highest BCUT2D eigenvalue weighted by molar-refractivity contribution is 7.92. The monoisotopic (exact) mass is 263 g/mol. The van der Waals surface area contributed by atoms with Gasteiger partial charge in [0.15, 0.2) is 0 Å². The standard InChI is InChI=1S/C12H13N3O2S/c1-9-12(14-8-7-13-9)10-3-5-11(6-4-10)15-18(2,16)17/h3-8,15H,1-2H3. The molecule has 0 radical (unpaired) electrons. The fourth-order valence-corrected chi connectivity index (χ4v) is 2.17. The highest BCUT2D eigenvalue weighted by Gasteiger charge is 2.05. The zero-order chi connectivity index (χ0) is 13.2. The van der Waals surface area contributed by atoms with E-state index in [2.05, 4.69) is 14.7 Å². The average Bonchev–Trinajstić information content (AvgIpc) is 2.29. The van der Waals surface area contributed by atoms with Gasteiger partial charge in [0.1, 0.15) is 0 Å². The van der Waals surface area contributed by atoms with E-state index in [0.29, 0.717) is 5.69 Å². The number of nitrogens with one attached hydrogen (secondary N) is 1. The Labute approximate surface area is 106 Å². The van der Waals surface area contributed by atoms with Gasteiger partial charge >= 0.3 is 0 Å². The summed E-state index contributed by atoms with van der Waals surface area (Å²) in [5.74, 6) is 0. The predicted octanol–water partition coefficient (Wildman–Crippen LogP) is 1.82. The fraction of sp³-hybridized carbons (Fsp3) is 0.167. The molecule has 2 rings (SSSR count). The van der Waals surface area contributed by atoms with Crippen LogP contribution in [-0.2, 0) is 10.0 Å². The highest BCUT2D eigenvalue weighted by Crippen LogP contribution is 2.21. The molecule has 0 saturated carbocycles. The van der Waals surface area contributed by atoms with Crippen molar-refractivity contribution in [2.45, 2.75) is 6.92 Å². The number of rotatable bonds is 3. The predicted molar refractivity (Wildman–Crippen MR) is 70.7 cm³/mol. The van der Waals surface area contributed by atoms with E-state index in [0.717, 1.165) is 23.2 Å². The average molecular weight is 263 g/mol. The zero-order valence-electron chi connectivity index (χ0n) is 10.1. The minimum Gasteiger partial charge on any atom is -0.284 e. The number of aryl methyl sites for hydroxylation is 1. The Kier molecular flexibility index (Phi) is 3.29. The van der Waals surface area contributed by atoms with Gasteiger partial charge in [-0.3, -0.25) is 14.7 Å². The van der Waals surface area contributed by atoms with Gasteiger partial charge in [0, 0.05) is 23.6 Å². The topological polar surface area (TPSA) is 72.0 Å². The molecule has 0 atom stereocenters. The first kappa shape index (κ1) is 12.5. The van der Waals surface area contributed by atoms with Crippen LogP contribution in [0.5, 0.6) is 0 Å². The van der Waals surface area contributed by atoms with E-state index in [1.54, 1.807) is 24.5 Å². The lowest BCUT2D eigenvalue weighted by Crippen LogP contribution is -2.09. The molecule has 2 aromatic rings. The van der Waals surface area contributed by atoms with Crippen LogP contribution in [0, 0.1) is 6.92 Å². The van der Waals surface area contributed by atoms with Crippen molar-refractivity contribution in [1.82, 2.24) is 9.97 Å². The second kappa shape index (κ2) is 4.73. The van der Waals surface area contributed by atoms with Gasteiger partial charge in [-0.1, -0.05) is 12.1 Å². The molecule has 18 heavy (non-hydrogen) atoms. The molecule has 0 aliphatic rings. The first-order valence-corrected chi connectivity index (χ1v) is 7.21. The van der Waals surface area contributed by atoms with Crippen molar-refractivity contribution in [1.29, 1.82) is 0 Å². The SMILES string of the molecule is Cc1nccnc1-c1ccc(NS(C)(=O)=O)cc1. The van der Waals surface area contributed by atoms with Crippen LogP contribution < -0.4 is 4.72 Å². The van der Waals surface area contributed by atoms with E-state index < -0.39 is 10.0 Å². The lowest BCUT2D eigenvalue weighted by Gasteiger charge is -2.06. The number of anilines is 1. The highest BCUT2D eigenvalue weighted by atomic mass is 32.2. The third kappa shape index (κ3) is 3.04. The molecule has 5 nitrogen and oxygen atoms in total. The van der Waals surface area contributed by atoms with Crippen molar-refractivity contribution in [3.8, 4) is 11.3 Å². The van der Waals surface area contributed by atoms with Gasteiger partial charge in [0.05, 0.1) is 17.6 Å². The van der Waals surface area contributed by atoms with Gasteiger partial charge < -0.3 is 0 Å². The van der Waals surface area contributed by atoms with E-state index in [9.17, 15) is 8.42 Å². The number of aromatic nitrogens is 2. The zero-order valence-corrected chi connectivity index (χ0v) is 10.9. The van der Waals surface area contributed by atoms with E-state index in [4.69, 9.17) is 0 Å². The van der Waals surface area contributed by atoms with Crippen molar-refractivity contribution >= 4 is 15.7 Å². The van der Waals surface area contributed by atoms with E-state index in [1.165, 1.54) is 0 Å². The third-order valence-corrected chi connectivity index (χ3v) is 2.95. The molecule has 1 aromatic carbocycles. The number of hydrogen-bond donors (Lipinski definition) is 1. The van der Waals surface area contributed by atoms with Crippen LogP contribution in [0.3, 0.4) is 0 Å². The van der Waals surface area contributed by atoms with Crippen molar-refractivity contribution in [2.75, 3.05) is 11.0 Å². The van der Waals surface area contributed by atoms with E-state index >= 15 is 0 Å². The van der Waals surface area contributed by atoms with Crippen LogP contribution >= 0.6 is 0 Å². The normalized spacial score (nSPS) is 11.2. The fourth-order valence-electron chi connectivity index (χ4n) is 1.60. The summed E-state index contributed by atoms with van der Waals surface area (Å²) >= 11 is 0. The number of nitrogens with zero attached hydrogens (tertiary/aromatic N) is 2. The first-order valence-electron chi connectivity index (χ1n) is 5.31. The maximum absolute atomic E-state index is 11.1. The Morgan fingerprint density at radius 2 is 1.67 bits per heavy atom. The molecule has 0 fully saturated rings. The minimum absolute atomic E-state index is 0.530. The molecule has 1 heterocycles. The molecule has 94 valence electrons. The summed E-state index contributed by atoms with van der Waals surface area (Å²) in [5.41, 5.74) is 3.06. The maximum atomic E-state index is 11.1. The molecular formula is C12H13N3O2S. The van der Waals surface area contributed by atoms with Crippen LogP contribution in [-0.4, -0.2) is 24.6 Å². The van der Waals surface area contributed by atoms with Crippen LogP contribution in [0.25, 0.3) is 11.3 Å². The molecule has 6 heteroatoms. The summed E-state index contributed by atoms with van der Waals surface area (Å²) in [4.78, 5) is 8.41. The number of benzene rings is 1. The molecule has 0 unspecified atom stereocenters. The third-order valence-electron chi connectivity index (χ3n) is 2.34. The summed E-state index contributed by atoms with van der Waals surface area (Å²) in [5, 5.41) is 0. The Bertz CT molecular complexity index is 651. The van der Waals surface area contributed by atoms with Crippen LogP contribution in [0.4, 0.5) is 5.69 Å². The quantitative estimate of drug-likeness (QED) is 0.917. The van der Waals surface area contributed by atoms with Crippen LogP contribution in [0.1, 0.15) is 5.69 Å². The number of sulfonamides is 1. The molecule has 0 bridgehead atoms. The van der Waals surface area contributed by atoms with Gasteiger partial charge in [-0.25, -0.2) is 8.42 Å². The van der Waals surface area contributed by atoms with Gasteiger partial charge in [0.25, 0.3) is 0 Å². The minimum atomic E-state index is -3.24. The Morgan fingerprint density at radius 1 is 1.06 bits per heavy atom. The molecule has 1 N–H and O–H groups in total. The maximum Gasteiger partial charge on any atom is 0.229 e. The Hall–Kier alpha value is -1.95. The van der Waals surface area contributed by atoms with Crippen LogP contribution in [0.15, 0.2) is 36.7 Å². The molecule has 0 aliphatic heterocycles. The van der Waals surface area contributed by atoms with Gasteiger partial charge in [-0.2, -0.15) is 0 Å². The van der Waals surface area contributed by atoms with Crippen molar-refractivity contribution in [3.63, 3.8) is 0 Å². The van der Waals surface area contributed by atoms with Gasteiger partial charge in [-0.15, -0.1) is 0 Å². The van der Waals surface area contributed by atoms with Gasteiger partial charge in [0.2, 0.25) is 10.0 Å². The first-order chi connectivity index (χ1) is 8.46. The summed E-state index contributed by atoms with van der Waals surface area (Å²) in [6, 6.07) is 7.02. The van der Waals surface area contributed by atoms with Crippen LogP contribution in [0.2, 0.25) is 0 Å². The Balaban J connectivity index is 2.31. The number of hydrogen-bond acceptors (Lipinski definition) is 4. The molecule has 0 saturated heterocycles. The molecule has 0 spiro atoms. The lowest BCUT2D eigenvalue weighted by atomic mass is 10.1. The van der Waals surface area contributed by atoms with Crippen molar-refractivity contribution in [3.05, 3.63) is 42.4 Å². The van der Waals surface area contributed by atoms with E-state index in [1.807, 2.05) is 19.1 Å². The van der Waals surface area contributed by atoms with Crippen molar-refractivity contribution in [2.24, 2.45) is 0 Å². The summed E-state index contributed by atoms with van der Waals surface area (Å²) in [7, 11) is -3.24. The summed E-state index contributed by atoms with van der Waals surface area (Å²) in [6.45, 7) is 1.88. The Morgan fingerprint density at radius 3 is 2.22 bits per heavy atom. The lowest BCUT2D eigenvalue weighted by molar-refractivity contribution is 0.607. The summed E-state index contributed by atoms with van der Waals surface area (Å²) in [6.07, 6.45) is 4.39. The smallest absolute Gasteiger partial charge is 0.229 e. The molecule has 0 amide bonds. The van der Waals surface area contributed by atoms with Crippen molar-refractivity contribution < 1.29 is 8.42 Å². The molecule has 1 aromatic heterocycles. The summed E-state index contributed by atoms with van der Waals surface area (Å²) < 4.78 is 24.6. The molecule has 0 aliphatic carbocycles. The molecular weight excluding hydrogens is 250 g/mol. The van der Waals surface area contributed by atoms with Gasteiger partial charge in [-0.05, 0) is 19.1 Å². The second-order valence-electron chi connectivity index (χ2n) is 3.94. The second-order valence-corrected chi connectivity index (χ2v) is 5.69. The van der Waals surface area contributed by atoms with E-state index in [-0.39, 0.29) is 0 Å².